The third-order valence-electron chi connectivity index (χ3n) is 3.16. The van der Waals surface area contributed by atoms with Gasteiger partial charge in [0, 0.05) is 12.2 Å². The molecule has 0 aromatic heterocycles. The van der Waals surface area contributed by atoms with Gasteiger partial charge in [-0.2, -0.15) is 0 Å². The number of benzene rings is 1. The lowest BCUT2D eigenvalue weighted by atomic mass is 9.98. The molecule has 0 aliphatic carbocycles. The third kappa shape index (κ3) is 5.19. The Morgan fingerprint density at radius 3 is 2.48 bits per heavy atom. The Morgan fingerprint density at radius 2 is 2.00 bits per heavy atom. The van der Waals surface area contributed by atoms with Crippen LogP contribution in [0.15, 0.2) is 24.3 Å². The highest BCUT2D eigenvalue weighted by atomic mass is 16.4. The molecule has 5 heteroatoms. The summed E-state index contributed by atoms with van der Waals surface area (Å²) in [5.74, 6) is 1.54. The molecule has 1 unspecified atom stereocenters. The number of aliphatic carboxylic acids is 1. The minimum Gasteiger partial charge on any atom is -0.481 e. The fraction of sp³-hybridized carbons (Fsp3) is 0.375. The van der Waals surface area contributed by atoms with Gasteiger partial charge in [0.1, 0.15) is 0 Å². The Morgan fingerprint density at radius 1 is 1.38 bits per heavy atom. The van der Waals surface area contributed by atoms with Gasteiger partial charge in [0.25, 0.3) is 0 Å². The summed E-state index contributed by atoms with van der Waals surface area (Å²) in [6, 6.07) is 6.91. The summed E-state index contributed by atoms with van der Waals surface area (Å²) < 4.78 is 0. The fourth-order valence-corrected chi connectivity index (χ4v) is 1.91. The first-order valence-electron chi connectivity index (χ1n) is 6.79. The molecule has 0 aliphatic rings. The number of terminal acetylenes is 1. The summed E-state index contributed by atoms with van der Waals surface area (Å²) in [6.07, 6.45) is 5.29. The highest BCUT2D eigenvalue weighted by molar-refractivity contribution is 5.89. The number of nitrogens with zero attached hydrogens (tertiary/aromatic N) is 1. The van der Waals surface area contributed by atoms with Gasteiger partial charge >= 0.3 is 12.0 Å². The van der Waals surface area contributed by atoms with Crippen LogP contribution in [0.3, 0.4) is 0 Å². The number of urea groups is 1. The molecular weight excluding hydrogens is 268 g/mol. The second-order valence-corrected chi connectivity index (χ2v) is 4.77. The smallest absolute Gasteiger partial charge is 0.322 e. The molecule has 0 bridgehead atoms. The highest BCUT2D eigenvalue weighted by Crippen LogP contribution is 2.21. The van der Waals surface area contributed by atoms with Crippen molar-refractivity contribution in [1.82, 2.24) is 4.90 Å². The zero-order valence-electron chi connectivity index (χ0n) is 12.3. The second-order valence-electron chi connectivity index (χ2n) is 4.77. The monoisotopic (exact) mass is 288 g/mol. The topological polar surface area (TPSA) is 69.6 Å². The Balaban J connectivity index is 2.68. The first-order chi connectivity index (χ1) is 9.97. The maximum atomic E-state index is 11.9. The van der Waals surface area contributed by atoms with Gasteiger partial charge in [-0.05, 0) is 30.5 Å². The molecule has 0 saturated heterocycles. The maximum absolute atomic E-state index is 11.9. The van der Waals surface area contributed by atoms with E-state index in [1.54, 1.807) is 12.1 Å². The quantitative estimate of drug-likeness (QED) is 0.791. The molecular formula is C16H20N2O3. The van der Waals surface area contributed by atoms with E-state index in [1.165, 1.54) is 4.90 Å². The van der Waals surface area contributed by atoms with Crippen molar-refractivity contribution < 1.29 is 14.7 Å². The summed E-state index contributed by atoms with van der Waals surface area (Å²) in [4.78, 5) is 24.1. The lowest BCUT2D eigenvalue weighted by Gasteiger charge is -2.19. The van der Waals surface area contributed by atoms with Crippen molar-refractivity contribution in [3.05, 3.63) is 29.8 Å². The molecule has 0 radical (unpaired) electrons. The number of rotatable bonds is 6. The van der Waals surface area contributed by atoms with Crippen LogP contribution in [-0.4, -0.2) is 35.1 Å². The van der Waals surface area contributed by atoms with Crippen LogP contribution in [0.2, 0.25) is 0 Å². The standard InChI is InChI=1S/C16H20N2O3/c1-4-10-18(5-2)16(21)17-14-8-6-13(7-9-14)12(3)11-15(19)20/h1,6-9,12H,5,10-11H2,2-3H3,(H,17,21)(H,19,20). The third-order valence-corrected chi connectivity index (χ3v) is 3.16. The lowest BCUT2D eigenvalue weighted by molar-refractivity contribution is -0.137. The van der Waals surface area contributed by atoms with Crippen molar-refractivity contribution in [3.63, 3.8) is 0 Å². The predicted molar refractivity (Wildman–Crippen MR) is 82.2 cm³/mol. The van der Waals surface area contributed by atoms with Crippen LogP contribution < -0.4 is 5.32 Å². The highest BCUT2D eigenvalue weighted by Gasteiger charge is 2.12. The summed E-state index contributed by atoms with van der Waals surface area (Å²) >= 11 is 0. The van der Waals surface area contributed by atoms with E-state index in [4.69, 9.17) is 11.5 Å². The first kappa shape index (κ1) is 16.6. The average Bonchev–Trinajstić information content (AvgIpc) is 2.44. The van der Waals surface area contributed by atoms with Crippen molar-refractivity contribution in [2.24, 2.45) is 0 Å². The average molecular weight is 288 g/mol. The van der Waals surface area contributed by atoms with E-state index in [-0.39, 0.29) is 24.9 Å². The summed E-state index contributed by atoms with van der Waals surface area (Å²) in [5, 5.41) is 11.5. The minimum absolute atomic E-state index is 0.0687. The van der Waals surface area contributed by atoms with E-state index in [2.05, 4.69) is 11.2 Å². The number of hydrogen-bond acceptors (Lipinski definition) is 2. The van der Waals surface area contributed by atoms with Crippen LogP contribution in [-0.2, 0) is 4.79 Å². The molecule has 1 rings (SSSR count). The Kier molecular flexibility index (Phi) is 6.28. The molecule has 5 nitrogen and oxygen atoms in total. The van der Waals surface area contributed by atoms with E-state index >= 15 is 0 Å². The zero-order valence-corrected chi connectivity index (χ0v) is 12.3. The van der Waals surface area contributed by atoms with Crippen LogP contribution in [0.5, 0.6) is 0 Å². The molecule has 21 heavy (non-hydrogen) atoms. The minimum atomic E-state index is -0.826. The van der Waals surface area contributed by atoms with E-state index in [0.29, 0.717) is 12.2 Å². The molecule has 1 aromatic rings. The van der Waals surface area contributed by atoms with Gasteiger partial charge in [-0.1, -0.05) is 25.0 Å². The molecule has 0 heterocycles. The first-order valence-corrected chi connectivity index (χ1v) is 6.79. The Hall–Kier alpha value is -2.48. The van der Waals surface area contributed by atoms with Crippen molar-refractivity contribution in [3.8, 4) is 12.3 Å². The molecule has 1 atom stereocenters. The van der Waals surface area contributed by atoms with E-state index in [1.807, 2.05) is 26.0 Å². The number of hydrogen-bond donors (Lipinski definition) is 2. The van der Waals surface area contributed by atoms with Gasteiger partial charge in [-0.3, -0.25) is 4.79 Å². The van der Waals surface area contributed by atoms with Crippen LogP contribution in [0.4, 0.5) is 10.5 Å². The van der Waals surface area contributed by atoms with E-state index in [9.17, 15) is 9.59 Å². The molecule has 0 saturated carbocycles. The second kappa shape index (κ2) is 7.95. The molecule has 1 aromatic carbocycles. The molecule has 0 aliphatic heterocycles. The Bertz CT molecular complexity index is 531. The largest absolute Gasteiger partial charge is 0.481 e. The van der Waals surface area contributed by atoms with Crippen molar-refractivity contribution in [2.45, 2.75) is 26.2 Å². The number of carbonyl (C=O) groups excluding carboxylic acids is 1. The number of carboxylic acids is 1. The van der Waals surface area contributed by atoms with Crippen LogP contribution in [0.25, 0.3) is 0 Å². The van der Waals surface area contributed by atoms with Crippen LogP contribution in [0.1, 0.15) is 31.7 Å². The van der Waals surface area contributed by atoms with Crippen LogP contribution >= 0.6 is 0 Å². The number of nitrogens with one attached hydrogen (secondary N) is 1. The number of amides is 2. The summed E-state index contributed by atoms with van der Waals surface area (Å²) in [5.41, 5.74) is 1.58. The van der Waals surface area contributed by atoms with E-state index in [0.717, 1.165) is 5.56 Å². The van der Waals surface area contributed by atoms with Gasteiger partial charge < -0.3 is 15.3 Å². The summed E-state index contributed by atoms with van der Waals surface area (Å²) in [6.45, 7) is 4.50. The van der Waals surface area contributed by atoms with Crippen molar-refractivity contribution in [2.75, 3.05) is 18.4 Å². The van der Waals surface area contributed by atoms with E-state index < -0.39 is 5.97 Å². The van der Waals surface area contributed by atoms with Gasteiger partial charge in [-0.15, -0.1) is 6.42 Å². The van der Waals surface area contributed by atoms with Gasteiger partial charge in [0.15, 0.2) is 0 Å². The van der Waals surface area contributed by atoms with Gasteiger partial charge in [0.2, 0.25) is 0 Å². The van der Waals surface area contributed by atoms with Crippen molar-refractivity contribution >= 4 is 17.7 Å². The Labute approximate surface area is 125 Å². The number of carboxylic acid groups (broad SMARTS) is 1. The molecule has 112 valence electrons. The normalized spacial score (nSPS) is 11.3. The van der Waals surface area contributed by atoms with Gasteiger partial charge in [-0.25, -0.2) is 4.79 Å². The fourth-order valence-electron chi connectivity index (χ4n) is 1.91. The molecule has 0 fully saturated rings. The SMILES string of the molecule is C#CCN(CC)C(=O)Nc1ccc(C(C)CC(=O)O)cc1. The van der Waals surface area contributed by atoms with Gasteiger partial charge in [0.05, 0.1) is 13.0 Å². The zero-order chi connectivity index (χ0) is 15.8. The number of anilines is 1. The predicted octanol–water partition coefficient (Wildman–Crippen LogP) is 2.75. The number of carbonyl (C=O) groups is 2. The van der Waals surface area contributed by atoms with Crippen LogP contribution in [0, 0.1) is 12.3 Å². The molecule has 2 amide bonds. The lowest BCUT2D eigenvalue weighted by Crippen LogP contribution is -2.35. The summed E-state index contributed by atoms with van der Waals surface area (Å²) in [7, 11) is 0. The van der Waals surface area contributed by atoms with Crippen molar-refractivity contribution in [1.29, 1.82) is 0 Å². The molecule has 0 spiro atoms. The molecule has 2 N–H and O–H groups in total. The maximum Gasteiger partial charge on any atom is 0.322 e.